The Morgan fingerprint density at radius 1 is 1.38 bits per heavy atom. The largest absolute Gasteiger partial charge is 0.383 e. The molecule has 0 amide bonds. The number of hydrogen-bond donors (Lipinski definition) is 1. The van der Waals surface area contributed by atoms with Gasteiger partial charge in [-0.15, -0.1) is 0 Å². The molecule has 2 heteroatoms. The van der Waals surface area contributed by atoms with Crippen LogP contribution in [0.2, 0.25) is 0 Å². The predicted octanol–water partition coefficient (Wildman–Crippen LogP) is 2.61. The van der Waals surface area contributed by atoms with Crippen LogP contribution in [0.15, 0.2) is 18.2 Å². The third kappa shape index (κ3) is 3.06. The minimum atomic E-state index is 0.779. The Hall–Kier alpha value is -0.860. The first-order chi connectivity index (χ1) is 7.81. The fourth-order valence-electron chi connectivity index (χ4n) is 1.95. The summed E-state index contributed by atoms with van der Waals surface area (Å²) in [5.74, 6) is 0.846. The molecule has 0 aromatic heterocycles. The number of benzene rings is 1. The molecular weight excluding hydrogens is 198 g/mol. The van der Waals surface area contributed by atoms with Gasteiger partial charge in [0.25, 0.3) is 0 Å². The molecule has 1 aromatic rings. The number of aryl methyl sites for hydroxylation is 1. The van der Waals surface area contributed by atoms with Gasteiger partial charge in [-0.05, 0) is 42.4 Å². The van der Waals surface area contributed by atoms with Crippen molar-refractivity contribution in [1.82, 2.24) is 5.32 Å². The highest BCUT2D eigenvalue weighted by Gasteiger charge is 2.23. The number of ether oxygens (including phenoxy) is 1. The van der Waals surface area contributed by atoms with E-state index in [1.54, 1.807) is 7.11 Å². The lowest BCUT2D eigenvalue weighted by atomic mass is 10.0. The molecule has 0 saturated heterocycles. The molecule has 1 aliphatic carbocycles. The molecule has 0 bridgehead atoms. The van der Waals surface area contributed by atoms with Crippen LogP contribution in [-0.4, -0.2) is 20.3 Å². The zero-order valence-corrected chi connectivity index (χ0v) is 10.3. The van der Waals surface area contributed by atoms with Crippen LogP contribution in [-0.2, 0) is 11.3 Å². The van der Waals surface area contributed by atoms with Gasteiger partial charge >= 0.3 is 0 Å². The van der Waals surface area contributed by atoms with E-state index >= 15 is 0 Å². The minimum Gasteiger partial charge on any atom is -0.383 e. The predicted molar refractivity (Wildman–Crippen MR) is 66.7 cm³/mol. The van der Waals surface area contributed by atoms with E-state index in [-0.39, 0.29) is 0 Å². The Labute approximate surface area is 98.0 Å². The molecule has 1 aliphatic rings. The summed E-state index contributed by atoms with van der Waals surface area (Å²) < 4.78 is 5.02. The molecule has 16 heavy (non-hydrogen) atoms. The summed E-state index contributed by atoms with van der Waals surface area (Å²) in [5, 5.41) is 3.40. The maximum absolute atomic E-state index is 5.02. The van der Waals surface area contributed by atoms with Crippen molar-refractivity contribution in [3.63, 3.8) is 0 Å². The van der Waals surface area contributed by atoms with Gasteiger partial charge in [0.15, 0.2) is 0 Å². The molecule has 0 unspecified atom stereocenters. The maximum Gasteiger partial charge on any atom is 0.0587 e. The Morgan fingerprint density at radius 3 is 2.88 bits per heavy atom. The van der Waals surface area contributed by atoms with E-state index in [1.165, 1.54) is 29.5 Å². The average molecular weight is 219 g/mol. The second-order valence-electron chi connectivity index (χ2n) is 4.63. The lowest BCUT2D eigenvalue weighted by molar-refractivity contribution is 0.199. The summed E-state index contributed by atoms with van der Waals surface area (Å²) in [5.41, 5.74) is 4.34. The topological polar surface area (TPSA) is 21.3 Å². The first kappa shape index (κ1) is 11.6. The molecule has 2 rings (SSSR count). The SMILES string of the molecule is COCCNCc1cc(C2CC2)ccc1C. The number of methoxy groups -OCH3 is 1. The van der Waals surface area contributed by atoms with Gasteiger partial charge in [0.2, 0.25) is 0 Å². The van der Waals surface area contributed by atoms with Crippen LogP contribution in [0.5, 0.6) is 0 Å². The summed E-state index contributed by atoms with van der Waals surface area (Å²) in [7, 11) is 1.74. The van der Waals surface area contributed by atoms with E-state index < -0.39 is 0 Å². The molecule has 0 radical (unpaired) electrons. The molecule has 0 atom stereocenters. The normalized spacial score (nSPS) is 15.4. The van der Waals surface area contributed by atoms with E-state index in [9.17, 15) is 0 Å². The lowest BCUT2D eigenvalue weighted by Gasteiger charge is -2.09. The Morgan fingerprint density at radius 2 is 2.19 bits per heavy atom. The van der Waals surface area contributed by atoms with Gasteiger partial charge in [-0.2, -0.15) is 0 Å². The van der Waals surface area contributed by atoms with Crippen molar-refractivity contribution in [3.05, 3.63) is 34.9 Å². The zero-order valence-electron chi connectivity index (χ0n) is 10.3. The van der Waals surface area contributed by atoms with Gasteiger partial charge in [-0.25, -0.2) is 0 Å². The van der Waals surface area contributed by atoms with Gasteiger partial charge in [-0.1, -0.05) is 18.2 Å². The first-order valence-electron chi connectivity index (χ1n) is 6.10. The van der Waals surface area contributed by atoms with Gasteiger partial charge in [0.05, 0.1) is 6.61 Å². The van der Waals surface area contributed by atoms with Crippen LogP contribution in [0.4, 0.5) is 0 Å². The highest BCUT2D eigenvalue weighted by atomic mass is 16.5. The highest BCUT2D eigenvalue weighted by molar-refractivity contribution is 5.34. The molecule has 1 fully saturated rings. The second-order valence-corrected chi connectivity index (χ2v) is 4.63. The van der Waals surface area contributed by atoms with Crippen molar-refractivity contribution in [2.24, 2.45) is 0 Å². The van der Waals surface area contributed by atoms with E-state index in [4.69, 9.17) is 4.74 Å². The quantitative estimate of drug-likeness (QED) is 0.743. The molecule has 1 aromatic carbocycles. The molecule has 88 valence electrons. The van der Waals surface area contributed by atoms with Crippen LogP contribution >= 0.6 is 0 Å². The molecule has 1 saturated carbocycles. The highest BCUT2D eigenvalue weighted by Crippen LogP contribution is 2.40. The van der Waals surface area contributed by atoms with Crippen LogP contribution in [0.3, 0.4) is 0 Å². The van der Waals surface area contributed by atoms with Crippen LogP contribution in [0.1, 0.15) is 35.4 Å². The van der Waals surface area contributed by atoms with E-state index in [2.05, 4.69) is 30.4 Å². The Kier molecular flexibility index (Phi) is 3.97. The summed E-state index contributed by atoms with van der Waals surface area (Å²) in [6.07, 6.45) is 2.75. The monoisotopic (exact) mass is 219 g/mol. The van der Waals surface area contributed by atoms with E-state index in [1.807, 2.05) is 0 Å². The molecule has 2 nitrogen and oxygen atoms in total. The molecule has 1 N–H and O–H groups in total. The first-order valence-corrected chi connectivity index (χ1v) is 6.10. The summed E-state index contributed by atoms with van der Waals surface area (Å²) >= 11 is 0. The van der Waals surface area contributed by atoms with E-state index in [0.29, 0.717) is 0 Å². The average Bonchev–Trinajstić information content (AvgIpc) is 3.10. The molecule has 0 aliphatic heterocycles. The molecular formula is C14H21NO. The number of nitrogens with one attached hydrogen (secondary N) is 1. The fourth-order valence-corrected chi connectivity index (χ4v) is 1.95. The number of hydrogen-bond acceptors (Lipinski definition) is 2. The van der Waals surface area contributed by atoms with Crippen molar-refractivity contribution in [1.29, 1.82) is 0 Å². The fraction of sp³-hybridized carbons (Fsp3) is 0.571. The Balaban J connectivity index is 1.93. The van der Waals surface area contributed by atoms with Crippen molar-refractivity contribution in [2.75, 3.05) is 20.3 Å². The van der Waals surface area contributed by atoms with Gasteiger partial charge < -0.3 is 10.1 Å². The lowest BCUT2D eigenvalue weighted by Crippen LogP contribution is -2.19. The summed E-state index contributed by atoms with van der Waals surface area (Å²) in [6, 6.07) is 6.90. The van der Waals surface area contributed by atoms with E-state index in [0.717, 1.165) is 25.6 Å². The molecule has 0 spiro atoms. The summed E-state index contributed by atoms with van der Waals surface area (Å²) in [6.45, 7) is 4.84. The number of rotatable bonds is 6. The third-order valence-corrected chi connectivity index (χ3v) is 3.22. The zero-order chi connectivity index (χ0) is 11.4. The minimum absolute atomic E-state index is 0.779. The van der Waals surface area contributed by atoms with Crippen molar-refractivity contribution < 1.29 is 4.74 Å². The van der Waals surface area contributed by atoms with Gasteiger partial charge in [0.1, 0.15) is 0 Å². The second kappa shape index (κ2) is 5.46. The van der Waals surface area contributed by atoms with Crippen LogP contribution < -0.4 is 5.32 Å². The smallest absolute Gasteiger partial charge is 0.0587 e. The van der Waals surface area contributed by atoms with Crippen LogP contribution in [0.25, 0.3) is 0 Å². The standard InChI is InChI=1S/C14H21NO/c1-11-3-4-13(12-5-6-12)9-14(11)10-15-7-8-16-2/h3-4,9,12,15H,5-8,10H2,1-2H3. The third-order valence-electron chi connectivity index (χ3n) is 3.22. The van der Waals surface area contributed by atoms with Crippen molar-refractivity contribution >= 4 is 0 Å². The summed E-state index contributed by atoms with van der Waals surface area (Å²) in [4.78, 5) is 0. The Bertz CT molecular complexity index is 345. The maximum atomic E-state index is 5.02. The van der Waals surface area contributed by atoms with Gasteiger partial charge in [0, 0.05) is 20.2 Å². The molecule has 0 heterocycles. The van der Waals surface area contributed by atoms with Crippen LogP contribution in [0, 0.1) is 6.92 Å². The van der Waals surface area contributed by atoms with Crippen molar-refractivity contribution in [2.45, 2.75) is 32.2 Å². The van der Waals surface area contributed by atoms with Gasteiger partial charge in [-0.3, -0.25) is 0 Å². The van der Waals surface area contributed by atoms with Crippen molar-refractivity contribution in [3.8, 4) is 0 Å².